The summed E-state index contributed by atoms with van der Waals surface area (Å²) in [5, 5.41) is 7.47. The summed E-state index contributed by atoms with van der Waals surface area (Å²) >= 11 is 7.40. The van der Waals surface area contributed by atoms with Crippen molar-refractivity contribution < 1.29 is 9.59 Å². The molecule has 0 spiro atoms. The molecule has 2 amide bonds. The molecular formula is C14H15ClN4O2S. The second kappa shape index (κ2) is 5.73. The Morgan fingerprint density at radius 2 is 2.14 bits per heavy atom. The number of primary amides is 1. The van der Waals surface area contributed by atoms with E-state index >= 15 is 0 Å². The smallest absolute Gasteiger partial charge is 0.276 e. The fraction of sp³-hybridized carbons (Fsp3) is 0.357. The minimum atomic E-state index is -0.509. The Morgan fingerprint density at radius 1 is 1.41 bits per heavy atom. The van der Waals surface area contributed by atoms with Crippen molar-refractivity contribution in [1.29, 1.82) is 0 Å². The van der Waals surface area contributed by atoms with Crippen molar-refractivity contribution in [3.05, 3.63) is 32.9 Å². The molecule has 22 heavy (non-hydrogen) atoms. The molecule has 0 bridgehead atoms. The number of carbonyl (C=O) groups is 2. The average Bonchev–Trinajstić information content (AvgIpc) is 2.98. The topological polar surface area (TPSA) is 90.0 Å². The Kier molecular flexibility index (Phi) is 3.92. The summed E-state index contributed by atoms with van der Waals surface area (Å²) in [5.74, 6) is -0.906. The Hall–Kier alpha value is -1.86. The van der Waals surface area contributed by atoms with E-state index in [1.807, 2.05) is 0 Å². The number of anilines is 1. The largest absolute Gasteiger partial charge is 0.365 e. The van der Waals surface area contributed by atoms with E-state index in [9.17, 15) is 9.59 Å². The van der Waals surface area contributed by atoms with E-state index in [4.69, 9.17) is 17.3 Å². The third-order valence-electron chi connectivity index (χ3n) is 3.75. The van der Waals surface area contributed by atoms with Crippen molar-refractivity contribution in [2.24, 2.45) is 12.8 Å². The summed E-state index contributed by atoms with van der Waals surface area (Å²) in [6, 6.07) is 0. The highest BCUT2D eigenvalue weighted by atomic mass is 35.5. The zero-order valence-electron chi connectivity index (χ0n) is 12.0. The maximum Gasteiger partial charge on any atom is 0.276 e. The molecule has 6 nitrogen and oxygen atoms in total. The first kappa shape index (κ1) is 15.1. The van der Waals surface area contributed by atoms with Crippen molar-refractivity contribution in [1.82, 2.24) is 9.78 Å². The highest BCUT2D eigenvalue weighted by Crippen LogP contribution is 2.38. The molecule has 0 fully saturated rings. The number of nitrogens with zero attached hydrogens (tertiary/aromatic N) is 2. The SMILES string of the molecule is Cn1ncc(Cl)c1C(=O)Nc1sc2c(c1C(N)=O)CCCC2. The van der Waals surface area contributed by atoms with Gasteiger partial charge in [0.15, 0.2) is 0 Å². The molecule has 1 aliphatic rings. The van der Waals surface area contributed by atoms with Gasteiger partial charge in [-0.05, 0) is 31.2 Å². The van der Waals surface area contributed by atoms with Crippen LogP contribution in [0.4, 0.5) is 5.00 Å². The average molecular weight is 339 g/mol. The van der Waals surface area contributed by atoms with Crippen molar-refractivity contribution in [3.8, 4) is 0 Å². The van der Waals surface area contributed by atoms with E-state index in [1.165, 1.54) is 22.2 Å². The molecule has 0 aromatic carbocycles. The monoisotopic (exact) mass is 338 g/mol. The summed E-state index contributed by atoms with van der Waals surface area (Å²) < 4.78 is 1.40. The van der Waals surface area contributed by atoms with E-state index in [1.54, 1.807) is 7.05 Å². The molecule has 8 heteroatoms. The van der Waals surface area contributed by atoms with Gasteiger partial charge in [-0.25, -0.2) is 0 Å². The van der Waals surface area contributed by atoms with Crippen LogP contribution in [0, 0.1) is 0 Å². The fourth-order valence-electron chi connectivity index (χ4n) is 2.74. The van der Waals surface area contributed by atoms with Crippen LogP contribution >= 0.6 is 22.9 Å². The number of hydrogen-bond donors (Lipinski definition) is 2. The minimum absolute atomic E-state index is 0.253. The number of hydrogen-bond acceptors (Lipinski definition) is 4. The zero-order chi connectivity index (χ0) is 15.9. The first-order valence-electron chi connectivity index (χ1n) is 6.92. The molecule has 0 aliphatic heterocycles. The third-order valence-corrected chi connectivity index (χ3v) is 5.24. The number of thiophene rings is 1. The highest BCUT2D eigenvalue weighted by molar-refractivity contribution is 7.17. The number of carbonyl (C=O) groups excluding carboxylic acids is 2. The molecule has 2 aromatic rings. The zero-order valence-corrected chi connectivity index (χ0v) is 13.6. The third kappa shape index (κ3) is 2.50. The fourth-order valence-corrected chi connectivity index (χ4v) is 4.28. The Labute approximate surface area is 136 Å². The Balaban J connectivity index is 1.97. The van der Waals surface area contributed by atoms with Gasteiger partial charge in [-0.1, -0.05) is 11.6 Å². The van der Waals surface area contributed by atoms with Gasteiger partial charge in [0.25, 0.3) is 11.8 Å². The maximum atomic E-state index is 12.4. The minimum Gasteiger partial charge on any atom is -0.365 e. The number of nitrogens with two attached hydrogens (primary N) is 1. The first-order valence-corrected chi connectivity index (χ1v) is 8.11. The summed E-state index contributed by atoms with van der Waals surface area (Å²) in [7, 11) is 1.63. The number of amides is 2. The van der Waals surface area contributed by atoms with E-state index in [0.717, 1.165) is 36.1 Å². The van der Waals surface area contributed by atoms with Gasteiger partial charge in [-0.2, -0.15) is 5.10 Å². The molecule has 0 unspecified atom stereocenters. The van der Waals surface area contributed by atoms with Crippen molar-refractivity contribution in [2.75, 3.05) is 5.32 Å². The summed E-state index contributed by atoms with van der Waals surface area (Å²) in [6.07, 6.45) is 5.28. The maximum absolute atomic E-state index is 12.4. The lowest BCUT2D eigenvalue weighted by atomic mass is 9.95. The quantitative estimate of drug-likeness (QED) is 0.900. The number of halogens is 1. The molecule has 0 radical (unpaired) electrons. The van der Waals surface area contributed by atoms with Crippen molar-refractivity contribution in [2.45, 2.75) is 25.7 Å². The molecular weight excluding hydrogens is 324 g/mol. The van der Waals surface area contributed by atoms with E-state index in [2.05, 4.69) is 10.4 Å². The predicted octanol–water partition coefficient (Wildman–Crippen LogP) is 2.37. The van der Waals surface area contributed by atoms with Gasteiger partial charge >= 0.3 is 0 Å². The normalized spacial score (nSPS) is 13.7. The Bertz CT molecular complexity index is 746. The number of aromatic nitrogens is 2. The molecule has 2 heterocycles. The van der Waals surface area contributed by atoms with Crippen LogP contribution < -0.4 is 11.1 Å². The molecule has 0 saturated carbocycles. The first-order chi connectivity index (χ1) is 10.5. The van der Waals surface area contributed by atoms with Gasteiger partial charge in [0.1, 0.15) is 10.7 Å². The van der Waals surface area contributed by atoms with Crippen LogP contribution in [-0.2, 0) is 19.9 Å². The molecule has 3 rings (SSSR count). The van der Waals surface area contributed by atoms with Crippen LogP contribution in [0.15, 0.2) is 6.20 Å². The van der Waals surface area contributed by atoms with Gasteiger partial charge in [0.2, 0.25) is 0 Å². The lowest BCUT2D eigenvalue weighted by molar-refractivity contribution is 0.100. The predicted molar refractivity (Wildman–Crippen MR) is 85.7 cm³/mol. The van der Waals surface area contributed by atoms with Crippen molar-refractivity contribution in [3.63, 3.8) is 0 Å². The molecule has 116 valence electrons. The van der Waals surface area contributed by atoms with Crippen LogP contribution in [0.3, 0.4) is 0 Å². The summed E-state index contributed by atoms with van der Waals surface area (Å²) in [6.45, 7) is 0. The summed E-state index contributed by atoms with van der Waals surface area (Å²) in [5.41, 5.74) is 7.18. The standard InChI is InChI=1S/C14H15ClN4O2S/c1-19-11(8(15)6-17-19)13(21)18-14-10(12(16)20)7-4-2-3-5-9(7)22-14/h6H,2-5H2,1H3,(H2,16,20)(H,18,21). The van der Waals surface area contributed by atoms with E-state index in [0.29, 0.717) is 10.6 Å². The van der Waals surface area contributed by atoms with Crippen LogP contribution in [0.2, 0.25) is 5.02 Å². The van der Waals surface area contributed by atoms with Crippen LogP contribution in [0.1, 0.15) is 44.1 Å². The van der Waals surface area contributed by atoms with E-state index in [-0.39, 0.29) is 10.7 Å². The number of aryl methyl sites for hydroxylation is 2. The van der Waals surface area contributed by atoms with Crippen LogP contribution in [-0.4, -0.2) is 21.6 Å². The highest BCUT2D eigenvalue weighted by Gasteiger charge is 2.26. The van der Waals surface area contributed by atoms with Gasteiger partial charge in [-0.3, -0.25) is 14.3 Å². The lowest BCUT2D eigenvalue weighted by Crippen LogP contribution is -2.20. The van der Waals surface area contributed by atoms with Gasteiger partial charge in [0, 0.05) is 11.9 Å². The second-order valence-corrected chi connectivity index (χ2v) is 6.71. The number of nitrogens with one attached hydrogen (secondary N) is 1. The van der Waals surface area contributed by atoms with Crippen LogP contribution in [0.25, 0.3) is 0 Å². The second-order valence-electron chi connectivity index (χ2n) is 5.20. The lowest BCUT2D eigenvalue weighted by Gasteiger charge is -2.11. The molecule has 2 aromatic heterocycles. The van der Waals surface area contributed by atoms with Crippen molar-refractivity contribution >= 4 is 39.8 Å². The molecule has 0 saturated heterocycles. The molecule has 3 N–H and O–H groups in total. The van der Waals surface area contributed by atoms with Crippen LogP contribution in [0.5, 0.6) is 0 Å². The molecule has 1 aliphatic carbocycles. The van der Waals surface area contributed by atoms with Gasteiger partial charge < -0.3 is 11.1 Å². The van der Waals surface area contributed by atoms with Gasteiger partial charge in [0.05, 0.1) is 16.8 Å². The number of fused-ring (bicyclic) bond motifs is 1. The molecule has 0 atom stereocenters. The Morgan fingerprint density at radius 3 is 2.77 bits per heavy atom. The number of rotatable bonds is 3. The summed E-state index contributed by atoms with van der Waals surface area (Å²) in [4.78, 5) is 25.3. The van der Waals surface area contributed by atoms with Gasteiger partial charge in [-0.15, -0.1) is 11.3 Å². The van der Waals surface area contributed by atoms with E-state index < -0.39 is 11.8 Å².